The van der Waals surface area contributed by atoms with Crippen LogP contribution in [0.2, 0.25) is 0 Å². The van der Waals surface area contributed by atoms with Crippen LogP contribution in [0, 0.1) is 21.4 Å². The van der Waals surface area contributed by atoms with Gasteiger partial charge in [-0.3, -0.25) is 10.1 Å². The third-order valence-corrected chi connectivity index (χ3v) is 2.89. The van der Waals surface area contributed by atoms with Crippen molar-refractivity contribution in [2.24, 2.45) is 0 Å². The maximum atomic E-state index is 11.1. The predicted molar refractivity (Wildman–Crippen MR) is 65.7 cm³/mol. The van der Waals surface area contributed by atoms with Gasteiger partial charge in [-0.1, -0.05) is 30.3 Å². The van der Waals surface area contributed by atoms with Gasteiger partial charge in [0.15, 0.2) is 0 Å². The Hall–Kier alpha value is -2.61. The van der Waals surface area contributed by atoms with Gasteiger partial charge in [-0.15, -0.1) is 0 Å². The fourth-order valence-electron chi connectivity index (χ4n) is 2.00. The van der Waals surface area contributed by atoms with Crippen molar-refractivity contribution in [1.29, 1.82) is 5.26 Å². The summed E-state index contributed by atoms with van der Waals surface area (Å²) in [6.45, 7) is 1.74. The minimum Gasteiger partial charge on any atom is -0.359 e. The Morgan fingerprint density at radius 2 is 2.06 bits per heavy atom. The summed E-state index contributed by atoms with van der Waals surface area (Å²) >= 11 is 0. The molecule has 0 amide bonds. The number of hydrogen-bond donors (Lipinski definition) is 1. The molecule has 18 heavy (non-hydrogen) atoms. The van der Waals surface area contributed by atoms with Crippen molar-refractivity contribution in [3.05, 3.63) is 69.2 Å². The molecule has 1 aliphatic heterocycles. The van der Waals surface area contributed by atoms with Crippen LogP contribution in [0.3, 0.4) is 0 Å². The van der Waals surface area contributed by atoms with E-state index in [-0.39, 0.29) is 5.70 Å². The largest absolute Gasteiger partial charge is 0.359 e. The van der Waals surface area contributed by atoms with Crippen LogP contribution in [0.4, 0.5) is 0 Å². The number of hydrogen-bond acceptors (Lipinski definition) is 4. The summed E-state index contributed by atoms with van der Waals surface area (Å²) < 4.78 is 0. The summed E-state index contributed by atoms with van der Waals surface area (Å²) in [6, 6.07) is 11.1. The van der Waals surface area contributed by atoms with Crippen LogP contribution in [-0.4, -0.2) is 4.92 Å². The lowest BCUT2D eigenvalue weighted by Crippen LogP contribution is -2.23. The third kappa shape index (κ3) is 1.96. The van der Waals surface area contributed by atoms with E-state index in [1.54, 1.807) is 31.2 Å². The number of allylic oxidation sites excluding steroid dienone is 2. The molecule has 1 aromatic rings. The Labute approximate surface area is 104 Å². The summed E-state index contributed by atoms with van der Waals surface area (Å²) in [6.07, 6.45) is 1.36. The average molecular weight is 241 g/mol. The minimum atomic E-state index is -0.604. The Kier molecular flexibility index (Phi) is 3.11. The molecular weight excluding hydrogens is 230 g/mol. The van der Waals surface area contributed by atoms with Gasteiger partial charge in [0.05, 0.1) is 22.8 Å². The van der Waals surface area contributed by atoms with Crippen molar-refractivity contribution in [2.75, 3.05) is 0 Å². The number of benzene rings is 1. The zero-order chi connectivity index (χ0) is 13.1. The highest BCUT2D eigenvalue weighted by molar-refractivity contribution is 5.47. The van der Waals surface area contributed by atoms with Crippen molar-refractivity contribution >= 4 is 0 Å². The lowest BCUT2D eigenvalue weighted by atomic mass is 9.86. The maximum Gasteiger partial charge on any atom is 0.274 e. The van der Waals surface area contributed by atoms with E-state index >= 15 is 0 Å². The van der Waals surface area contributed by atoms with Crippen molar-refractivity contribution in [3.63, 3.8) is 0 Å². The topological polar surface area (TPSA) is 79.0 Å². The smallest absolute Gasteiger partial charge is 0.274 e. The standard InChI is InChI=1S/C13H11N3O2/c1-9-11(7-14)13(10-5-3-2-4-6-10)12(8-15-9)16(17)18/h2-6,8,13,15H,1H3. The van der Waals surface area contributed by atoms with E-state index in [9.17, 15) is 15.4 Å². The van der Waals surface area contributed by atoms with Gasteiger partial charge in [0.1, 0.15) is 5.92 Å². The Morgan fingerprint density at radius 1 is 1.39 bits per heavy atom. The molecule has 0 spiro atoms. The molecule has 1 aromatic carbocycles. The molecule has 0 radical (unpaired) electrons. The van der Waals surface area contributed by atoms with Crippen LogP contribution in [-0.2, 0) is 0 Å². The number of nitro groups is 1. The Morgan fingerprint density at radius 3 is 2.61 bits per heavy atom. The molecule has 2 rings (SSSR count). The van der Waals surface area contributed by atoms with Crippen molar-refractivity contribution < 1.29 is 4.92 Å². The molecule has 1 N–H and O–H groups in total. The molecular formula is C13H11N3O2. The van der Waals surface area contributed by atoms with Crippen LogP contribution in [0.15, 0.2) is 53.5 Å². The van der Waals surface area contributed by atoms with Gasteiger partial charge >= 0.3 is 0 Å². The van der Waals surface area contributed by atoms with Gasteiger partial charge in [0.2, 0.25) is 0 Å². The van der Waals surface area contributed by atoms with E-state index in [0.717, 1.165) is 5.56 Å². The van der Waals surface area contributed by atoms with Gasteiger partial charge in [0.25, 0.3) is 5.70 Å². The van der Waals surface area contributed by atoms with E-state index in [1.807, 2.05) is 6.07 Å². The summed E-state index contributed by atoms with van der Waals surface area (Å²) in [4.78, 5) is 10.6. The highest BCUT2D eigenvalue weighted by Gasteiger charge is 2.34. The molecule has 0 saturated heterocycles. The van der Waals surface area contributed by atoms with Crippen LogP contribution in [0.1, 0.15) is 18.4 Å². The highest BCUT2D eigenvalue weighted by atomic mass is 16.6. The zero-order valence-corrected chi connectivity index (χ0v) is 9.75. The quantitative estimate of drug-likeness (QED) is 0.636. The monoisotopic (exact) mass is 241 g/mol. The normalized spacial score (nSPS) is 18.7. The lowest BCUT2D eigenvalue weighted by Gasteiger charge is -2.20. The first-order valence-corrected chi connectivity index (χ1v) is 5.42. The molecule has 5 heteroatoms. The van der Waals surface area contributed by atoms with Gasteiger partial charge in [0, 0.05) is 5.70 Å². The van der Waals surface area contributed by atoms with E-state index in [0.29, 0.717) is 11.3 Å². The molecule has 1 unspecified atom stereocenters. The summed E-state index contributed by atoms with van der Waals surface area (Å²) in [5.74, 6) is -0.604. The van der Waals surface area contributed by atoms with Crippen molar-refractivity contribution in [2.45, 2.75) is 12.8 Å². The number of rotatable bonds is 2. The molecule has 5 nitrogen and oxygen atoms in total. The van der Waals surface area contributed by atoms with Crippen molar-refractivity contribution in [3.8, 4) is 6.07 Å². The first-order chi connectivity index (χ1) is 8.65. The molecule has 0 aliphatic carbocycles. The maximum absolute atomic E-state index is 11.1. The number of nitrogens with zero attached hydrogens (tertiary/aromatic N) is 2. The van der Waals surface area contributed by atoms with E-state index in [4.69, 9.17) is 0 Å². The zero-order valence-electron chi connectivity index (χ0n) is 9.75. The molecule has 1 atom stereocenters. The first-order valence-electron chi connectivity index (χ1n) is 5.42. The molecule has 0 fully saturated rings. The van der Waals surface area contributed by atoms with Gasteiger partial charge in [-0.25, -0.2) is 0 Å². The number of dihydropyridines is 1. The van der Waals surface area contributed by atoms with E-state index in [1.165, 1.54) is 6.20 Å². The predicted octanol–water partition coefficient (Wildman–Crippen LogP) is 2.29. The second-order valence-electron chi connectivity index (χ2n) is 3.96. The first kappa shape index (κ1) is 11.9. The molecule has 0 aromatic heterocycles. The third-order valence-electron chi connectivity index (χ3n) is 2.89. The molecule has 0 bridgehead atoms. The molecule has 1 aliphatic rings. The van der Waals surface area contributed by atoms with Crippen LogP contribution in [0.5, 0.6) is 0 Å². The van der Waals surface area contributed by atoms with Gasteiger partial charge in [-0.05, 0) is 12.5 Å². The molecule has 0 saturated carbocycles. The average Bonchev–Trinajstić information content (AvgIpc) is 2.39. The van der Waals surface area contributed by atoms with Crippen LogP contribution < -0.4 is 5.32 Å². The number of nitrogens with one attached hydrogen (secondary N) is 1. The summed E-state index contributed by atoms with van der Waals surface area (Å²) in [7, 11) is 0. The van der Waals surface area contributed by atoms with Crippen LogP contribution >= 0.6 is 0 Å². The van der Waals surface area contributed by atoms with Crippen molar-refractivity contribution in [1.82, 2.24) is 5.32 Å². The second-order valence-corrected chi connectivity index (χ2v) is 3.96. The van der Waals surface area contributed by atoms with Crippen LogP contribution in [0.25, 0.3) is 0 Å². The van der Waals surface area contributed by atoms with Gasteiger partial charge in [-0.2, -0.15) is 5.26 Å². The number of nitriles is 1. The lowest BCUT2D eigenvalue weighted by molar-refractivity contribution is -0.429. The fraction of sp³-hybridized carbons (Fsp3) is 0.154. The second kappa shape index (κ2) is 4.72. The van der Waals surface area contributed by atoms with E-state index in [2.05, 4.69) is 11.4 Å². The summed E-state index contributed by atoms with van der Waals surface area (Å²) in [5, 5.41) is 23.0. The molecule has 1 heterocycles. The van der Waals surface area contributed by atoms with E-state index < -0.39 is 10.8 Å². The van der Waals surface area contributed by atoms with Gasteiger partial charge < -0.3 is 5.32 Å². The molecule has 90 valence electrons. The summed E-state index contributed by atoms with van der Waals surface area (Å²) in [5.41, 5.74) is 1.77. The Balaban J connectivity index is 2.56. The SMILES string of the molecule is CC1=C(C#N)C(c2ccccc2)C([N+](=O)[O-])=CN1. The Bertz CT molecular complexity index is 582. The minimum absolute atomic E-state index is 0.0108. The fourth-order valence-corrected chi connectivity index (χ4v) is 2.00. The highest BCUT2D eigenvalue weighted by Crippen LogP contribution is 2.35.